The Bertz CT molecular complexity index is 818. The first kappa shape index (κ1) is 29.6. The van der Waals surface area contributed by atoms with Gasteiger partial charge in [0.15, 0.2) is 0 Å². The van der Waals surface area contributed by atoms with E-state index in [-0.39, 0.29) is 17.7 Å². The zero-order valence-electron chi connectivity index (χ0n) is 22.4. The van der Waals surface area contributed by atoms with Crippen molar-refractivity contribution in [3.05, 3.63) is 0 Å². The second kappa shape index (κ2) is 13.1. The maximum absolute atomic E-state index is 13.7. The molecule has 0 aromatic rings. The predicted octanol–water partition coefficient (Wildman–Crippen LogP) is 2.43. The SMILES string of the molecule is CC(C)CC(C(=O)NC(CC1CC1)C(=O)C(N)=O)N1CCCCCCC(NC(=O)OC(C)(C)C)C1=O. The zero-order chi connectivity index (χ0) is 27.0. The van der Waals surface area contributed by atoms with Crippen LogP contribution in [0.5, 0.6) is 0 Å². The summed E-state index contributed by atoms with van der Waals surface area (Å²) in [4.78, 5) is 65.3. The highest BCUT2D eigenvalue weighted by Crippen LogP contribution is 2.33. The van der Waals surface area contributed by atoms with Crippen molar-refractivity contribution in [2.75, 3.05) is 6.54 Å². The lowest BCUT2D eigenvalue weighted by atomic mass is 9.98. The van der Waals surface area contributed by atoms with Crippen molar-refractivity contribution in [1.29, 1.82) is 0 Å². The average Bonchev–Trinajstić information content (AvgIpc) is 3.56. The standard InChI is InChI=1S/C26H44N4O6/c1-16(2)14-20(23(33)28-19(15-17-11-12-17)21(31)22(27)32)30-13-9-7-6-8-10-18(24(30)34)29-25(35)36-26(3,4)5/h16-20H,6-15H2,1-5H3,(H2,27,32)(H,28,33)(H,29,35). The van der Waals surface area contributed by atoms with Gasteiger partial charge in [-0.15, -0.1) is 0 Å². The van der Waals surface area contributed by atoms with E-state index >= 15 is 0 Å². The van der Waals surface area contributed by atoms with E-state index < -0.39 is 47.4 Å². The number of ketones is 1. The first-order valence-electron chi connectivity index (χ1n) is 13.2. The van der Waals surface area contributed by atoms with E-state index in [9.17, 15) is 24.0 Å². The van der Waals surface area contributed by atoms with Gasteiger partial charge in [0.2, 0.25) is 17.6 Å². The maximum atomic E-state index is 13.7. The predicted molar refractivity (Wildman–Crippen MR) is 135 cm³/mol. The summed E-state index contributed by atoms with van der Waals surface area (Å²) in [7, 11) is 0. The number of hydrogen-bond donors (Lipinski definition) is 3. The molecule has 2 rings (SSSR count). The van der Waals surface area contributed by atoms with E-state index in [4.69, 9.17) is 10.5 Å². The Morgan fingerprint density at radius 1 is 1.06 bits per heavy atom. The Kier molecular flexibility index (Phi) is 10.7. The fraction of sp³-hybridized carbons (Fsp3) is 0.808. The molecule has 204 valence electrons. The van der Waals surface area contributed by atoms with E-state index in [1.165, 1.54) is 4.90 Å². The number of amides is 4. The minimum absolute atomic E-state index is 0.0761. The first-order valence-corrected chi connectivity index (χ1v) is 13.2. The molecule has 0 aromatic heterocycles. The van der Waals surface area contributed by atoms with Gasteiger partial charge in [0.1, 0.15) is 17.7 Å². The molecule has 10 heteroatoms. The number of carbonyl (C=O) groups excluding carboxylic acids is 5. The molecule has 2 aliphatic rings. The Morgan fingerprint density at radius 3 is 2.25 bits per heavy atom. The Hall–Kier alpha value is -2.65. The van der Waals surface area contributed by atoms with Crippen LogP contribution in [-0.4, -0.2) is 64.8 Å². The fourth-order valence-electron chi connectivity index (χ4n) is 4.49. The summed E-state index contributed by atoms with van der Waals surface area (Å²) >= 11 is 0. The average molecular weight is 509 g/mol. The number of Topliss-reactive ketones (excluding diaryl/α,β-unsaturated/α-hetero) is 1. The van der Waals surface area contributed by atoms with E-state index in [1.54, 1.807) is 20.8 Å². The van der Waals surface area contributed by atoms with E-state index in [1.807, 2.05) is 13.8 Å². The third kappa shape index (κ3) is 9.78. The summed E-state index contributed by atoms with van der Waals surface area (Å²) in [6.45, 7) is 9.50. The molecule has 0 spiro atoms. The van der Waals surface area contributed by atoms with Crippen LogP contribution in [0.2, 0.25) is 0 Å². The Labute approximate surface area is 214 Å². The van der Waals surface area contributed by atoms with Crippen LogP contribution in [0.4, 0.5) is 4.79 Å². The number of primary amides is 1. The smallest absolute Gasteiger partial charge is 0.408 e. The molecule has 1 aliphatic heterocycles. The number of hydrogen-bond acceptors (Lipinski definition) is 6. The first-order chi connectivity index (χ1) is 16.8. The highest BCUT2D eigenvalue weighted by Gasteiger charge is 2.38. The molecule has 0 bridgehead atoms. The highest BCUT2D eigenvalue weighted by atomic mass is 16.6. The molecule has 1 saturated heterocycles. The van der Waals surface area contributed by atoms with Gasteiger partial charge in [-0.25, -0.2) is 4.79 Å². The lowest BCUT2D eigenvalue weighted by molar-refractivity contribution is -0.144. The van der Waals surface area contributed by atoms with Gasteiger partial charge in [-0.2, -0.15) is 0 Å². The molecule has 0 aromatic carbocycles. The summed E-state index contributed by atoms with van der Waals surface area (Å²) in [5.74, 6) is -2.37. The lowest BCUT2D eigenvalue weighted by Gasteiger charge is -2.35. The Balaban J connectivity index is 2.28. The van der Waals surface area contributed by atoms with Crippen LogP contribution >= 0.6 is 0 Å². The van der Waals surface area contributed by atoms with E-state index in [0.29, 0.717) is 25.8 Å². The summed E-state index contributed by atoms with van der Waals surface area (Å²) in [5.41, 5.74) is 4.52. The molecule has 10 nitrogen and oxygen atoms in total. The van der Waals surface area contributed by atoms with Crippen molar-refractivity contribution in [3.8, 4) is 0 Å². The van der Waals surface area contributed by atoms with Crippen LogP contribution in [-0.2, 0) is 23.9 Å². The number of alkyl carbamates (subject to hydrolysis) is 1. The van der Waals surface area contributed by atoms with Crippen molar-refractivity contribution < 1.29 is 28.7 Å². The molecule has 3 unspecified atom stereocenters. The quantitative estimate of drug-likeness (QED) is 0.386. The number of nitrogens with zero attached hydrogens (tertiary/aromatic N) is 1. The van der Waals surface area contributed by atoms with Gasteiger partial charge < -0.3 is 26.0 Å². The number of rotatable bonds is 10. The van der Waals surface area contributed by atoms with Crippen LogP contribution in [0.3, 0.4) is 0 Å². The third-order valence-corrected chi connectivity index (χ3v) is 6.43. The second-order valence-corrected chi connectivity index (χ2v) is 11.5. The molecule has 1 aliphatic carbocycles. The molecule has 4 amide bonds. The highest BCUT2D eigenvalue weighted by molar-refractivity contribution is 6.37. The molecule has 2 fully saturated rings. The number of nitrogens with two attached hydrogens (primary N) is 1. The van der Waals surface area contributed by atoms with Crippen LogP contribution in [0.25, 0.3) is 0 Å². The van der Waals surface area contributed by atoms with Crippen molar-refractivity contribution in [2.45, 2.75) is 116 Å². The molecular formula is C26H44N4O6. The van der Waals surface area contributed by atoms with Crippen LogP contribution in [0.1, 0.15) is 92.4 Å². The number of nitrogens with one attached hydrogen (secondary N) is 2. The Morgan fingerprint density at radius 2 is 1.69 bits per heavy atom. The summed E-state index contributed by atoms with van der Waals surface area (Å²) < 4.78 is 5.36. The van der Waals surface area contributed by atoms with E-state index in [0.717, 1.165) is 38.5 Å². The van der Waals surface area contributed by atoms with Gasteiger partial charge in [-0.3, -0.25) is 19.2 Å². The van der Waals surface area contributed by atoms with Gasteiger partial charge >= 0.3 is 6.09 Å². The minimum atomic E-state index is -1.08. The maximum Gasteiger partial charge on any atom is 0.408 e. The van der Waals surface area contributed by atoms with Gasteiger partial charge in [0.05, 0.1) is 6.04 Å². The second-order valence-electron chi connectivity index (χ2n) is 11.5. The topological polar surface area (TPSA) is 148 Å². The van der Waals surface area contributed by atoms with Gasteiger partial charge in [0, 0.05) is 6.54 Å². The number of ether oxygens (including phenoxy) is 1. The van der Waals surface area contributed by atoms with Crippen LogP contribution in [0, 0.1) is 11.8 Å². The molecule has 1 saturated carbocycles. The number of carbonyl (C=O) groups is 5. The molecule has 3 atom stereocenters. The molecule has 36 heavy (non-hydrogen) atoms. The van der Waals surface area contributed by atoms with Crippen molar-refractivity contribution in [1.82, 2.24) is 15.5 Å². The van der Waals surface area contributed by atoms with Crippen molar-refractivity contribution >= 4 is 29.6 Å². The molecule has 1 heterocycles. The fourth-order valence-corrected chi connectivity index (χ4v) is 4.49. The summed E-state index contributed by atoms with van der Waals surface area (Å²) in [6.07, 6.45) is 5.66. The van der Waals surface area contributed by atoms with E-state index in [2.05, 4.69) is 10.6 Å². The normalized spacial score (nSPS) is 21.0. The molecule has 0 radical (unpaired) electrons. The van der Waals surface area contributed by atoms with Gasteiger partial charge in [-0.1, -0.05) is 46.0 Å². The lowest BCUT2D eigenvalue weighted by Crippen LogP contribution is -2.58. The van der Waals surface area contributed by atoms with Gasteiger partial charge in [-0.05, 0) is 58.3 Å². The zero-order valence-corrected chi connectivity index (χ0v) is 22.4. The largest absolute Gasteiger partial charge is 0.444 e. The van der Waals surface area contributed by atoms with Crippen molar-refractivity contribution in [3.63, 3.8) is 0 Å². The molecular weight excluding hydrogens is 464 g/mol. The summed E-state index contributed by atoms with van der Waals surface area (Å²) in [5, 5.41) is 5.44. The van der Waals surface area contributed by atoms with Crippen molar-refractivity contribution in [2.24, 2.45) is 17.6 Å². The monoisotopic (exact) mass is 508 g/mol. The summed E-state index contributed by atoms with van der Waals surface area (Å²) in [6, 6.07) is -2.67. The minimum Gasteiger partial charge on any atom is -0.444 e. The van der Waals surface area contributed by atoms with Crippen LogP contribution in [0.15, 0.2) is 0 Å². The molecule has 4 N–H and O–H groups in total. The van der Waals surface area contributed by atoms with Gasteiger partial charge in [0.25, 0.3) is 5.91 Å². The third-order valence-electron chi connectivity index (χ3n) is 6.43. The van der Waals surface area contributed by atoms with Crippen LogP contribution < -0.4 is 16.4 Å².